The molecule has 0 aromatic carbocycles. The number of hydrogen-bond acceptors (Lipinski definition) is 8. The Balaban J connectivity index is 1.59. The molecule has 0 radical (unpaired) electrons. The van der Waals surface area contributed by atoms with E-state index in [1.807, 2.05) is 16.8 Å². The van der Waals surface area contributed by atoms with Crippen molar-refractivity contribution in [2.75, 3.05) is 0 Å². The number of nitrogens with zero attached hydrogens (tertiary/aromatic N) is 3. The zero-order valence-corrected chi connectivity index (χ0v) is 13.1. The second-order valence-corrected chi connectivity index (χ2v) is 6.01. The first-order chi connectivity index (χ1) is 10.6. The van der Waals surface area contributed by atoms with E-state index in [9.17, 15) is 9.59 Å². The van der Waals surface area contributed by atoms with Crippen molar-refractivity contribution >= 4 is 28.6 Å². The van der Waals surface area contributed by atoms with Crippen molar-refractivity contribution in [2.24, 2.45) is 0 Å². The molecule has 0 N–H and O–H groups in total. The van der Waals surface area contributed by atoms with Crippen LogP contribution >= 0.6 is 22.7 Å². The van der Waals surface area contributed by atoms with E-state index in [2.05, 4.69) is 10.1 Å². The van der Waals surface area contributed by atoms with Crippen molar-refractivity contribution in [3.05, 3.63) is 43.5 Å². The van der Waals surface area contributed by atoms with Gasteiger partial charge in [-0.3, -0.25) is 14.2 Å². The number of carbonyl (C=O) groups excluding carboxylic acids is 1. The topological polar surface area (TPSA) is 87.2 Å². The van der Waals surface area contributed by atoms with Crippen LogP contribution in [0.4, 0.5) is 0 Å². The van der Waals surface area contributed by atoms with E-state index in [4.69, 9.17) is 9.26 Å². The fraction of sp³-hybridized carbons (Fsp3) is 0.231. The lowest BCUT2D eigenvalue weighted by Gasteiger charge is -2.03. The summed E-state index contributed by atoms with van der Waals surface area (Å²) in [6.07, 6.45) is 0. The van der Waals surface area contributed by atoms with Gasteiger partial charge in [0.2, 0.25) is 5.82 Å². The maximum absolute atomic E-state index is 11.8. The summed E-state index contributed by atoms with van der Waals surface area (Å²) in [6, 6.07) is 1.87. The van der Waals surface area contributed by atoms with E-state index in [1.54, 1.807) is 12.3 Å². The highest BCUT2D eigenvalue weighted by Gasteiger charge is 2.13. The number of carbonyl (C=O) groups is 1. The average Bonchev–Trinajstić information content (AvgIpc) is 3.22. The molecule has 22 heavy (non-hydrogen) atoms. The molecule has 3 rings (SSSR count). The lowest BCUT2D eigenvalue weighted by atomic mass is 10.3. The van der Waals surface area contributed by atoms with Gasteiger partial charge in [-0.25, -0.2) is 0 Å². The molecule has 0 spiro atoms. The van der Waals surface area contributed by atoms with Crippen molar-refractivity contribution in [3.63, 3.8) is 0 Å². The third-order valence-corrected chi connectivity index (χ3v) is 4.43. The Bertz CT molecular complexity index is 832. The Hall–Kier alpha value is -2.26. The van der Waals surface area contributed by atoms with Gasteiger partial charge in [0.05, 0.1) is 0 Å². The normalized spacial score (nSPS) is 10.8. The quantitative estimate of drug-likeness (QED) is 0.662. The maximum atomic E-state index is 11.8. The highest BCUT2D eigenvalue weighted by molar-refractivity contribution is 7.08. The third-order valence-electron chi connectivity index (χ3n) is 2.87. The van der Waals surface area contributed by atoms with Gasteiger partial charge in [0.15, 0.2) is 6.61 Å². The van der Waals surface area contributed by atoms with Crippen LogP contribution in [0.2, 0.25) is 0 Å². The first-order valence-corrected chi connectivity index (χ1v) is 8.11. The Kier molecular flexibility index (Phi) is 4.16. The van der Waals surface area contributed by atoms with Gasteiger partial charge in [-0.15, -0.1) is 0 Å². The van der Waals surface area contributed by atoms with Crippen molar-refractivity contribution in [3.8, 4) is 11.4 Å². The molecule has 0 aliphatic heterocycles. The Labute approximate surface area is 132 Å². The van der Waals surface area contributed by atoms with Crippen LogP contribution in [0.3, 0.4) is 0 Å². The van der Waals surface area contributed by atoms with E-state index >= 15 is 0 Å². The van der Waals surface area contributed by atoms with Crippen LogP contribution in [0.1, 0.15) is 11.6 Å². The molecule has 0 saturated carbocycles. The first-order valence-electron chi connectivity index (χ1n) is 6.29. The molecule has 0 fully saturated rings. The molecule has 3 heterocycles. The summed E-state index contributed by atoms with van der Waals surface area (Å²) < 4.78 is 11.4. The van der Waals surface area contributed by atoms with E-state index in [0.29, 0.717) is 5.82 Å². The van der Waals surface area contributed by atoms with E-state index in [-0.39, 0.29) is 23.9 Å². The fourth-order valence-electron chi connectivity index (χ4n) is 1.74. The Morgan fingerprint density at radius 3 is 3.00 bits per heavy atom. The number of esters is 1. The summed E-state index contributed by atoms with van der Waals surface area (Å²) in [5.74, 6) is 0.139. The lowest BCUT2D eigenvalue weighted by molar-refractivity contribution is -0.146. The molecule has 0 atom stereocenters. The van der Waals surface area contributed by atoms with Crippen LogP contribution in [0.25, 0.3) is 11.4 Å². The fourth-order valence-corrected chi connectivity index (χ4v) is 3.10. The number of thiophene rings is 1. The summed E-state index contributed by atoms with van der Waals surface area (Å²) in [7, 11) is 0. The Morgan fingerprint density at radius 1 is 1.45 bits per heavy atom. The van der Waals surface area contributed by atoms with Crippen molar-refractivity contribution in [2.45, 2.75) is 20.1 Å². The highest BCUT2D eigenvalue weighted by Crippen LogP contribution is 2.18. The predicted molar refractivity (Wildman–Crippen MR) is 80.7 cm³/mol. The molecule has 114 valence electrons. The third kappa shape index (κ3) is 3.15. The van der Waals surface area contributed by atoms with E-state index < -0.39 is 5.97 Å². The minimum atomic E-state index is -0.529. The molecule has 3 aromatic rings. The van der Waals surface area contributed by atoms with Gasteiger partial charge in [-0.1, -0.05) is 16.5 Å². The molecule has 9 heteroatoms. The molecule has 0 amide bonds. The van der Waals surface area contributed by atoms with Crippen LogP contribution in [0.5, 0.6) is 0 Å². The van der Waals surface area contributed by atoms with Gasteiger partial charge in [0.25, 0.3) is 5.89 Å². The van der Waals surface area contributed by atoms with Crippen molar-refractivity contribution in [1.29, 1.82) is 0 Å². The SMILES string of the molecule is Cc1csc(=O)n1CC(=O)OCc1nc(-c2ccsc2)no1. The predicted octanol–water partition coefficient (Wildman–Crippen LogP) is 2.07. The zero-order chi connectivity index (χ0) is 15.5. The molecule has 0 bridgehead atoms. The number of aryl methyl sites for hydroxylation is 1. The largest absolute Gasteiger partial charge is 0.454 e. The summed E-state index contributed by atoms with van der Waals surface area (Å²) in [4.78, 5) is 27.2. The number of hydrogen-bond donors (Lipinski definition) is 0. The van der Waals surface area contributed by atoms with Crippen molar-refractivity contribution in [1.82, 2.24) is 14.7 Å². The summed E-state index contributed by atoms with van der Waals surface area (Å²) in [5, 5.41) is 9.32. The van der Waals surface area contributed by atoms with Gasteiger partial charge in [-0.2, -0.15) is 16.3 Å². The Morgan fingerprint density at radius 2 is 2.32 bits per heavy atom. The molecule has 0 aliphatic carbocycles. The lowest BCUT2D eigenvalue weighted by Crippen LogP contribution is -2.22. The van der Waals surface area contributed by atoms with Crippen LogP contribution < -0.4 is 4.87 Å². The second-order valence-electron chi connectivity index (χ2n) is 4.41. The smallest absolute Gasteiger partial charge is 0.326 e. The average molecular weight is 337 g/mol. The molecular weight excluding hydrogens is 326 g/mol. The molecule has 3 aromatic heterocycles. The van der Waals surface area contributed by atoms with Crippen LogP contribution in [-0.2, 0) is 22.7 Å². The number of rotatable bonds is 5. The highest BCUT2D eigenvalue weighted by atomic mass is 32.1. The van der Waals surface area contributed by atoms with Gasteiger partial charge in [0.1, 0.15) is 6.54 Å². The van der Waals surface area contributed by atoms with Gasteiger partial charge in [-0.05, 0) is 18.4 Å². The van der Waals surface area contributed by atoms with Gasteiger partial charge >= 0.3 is 10.8 Å². The van der Waals surface area contributed by atoms with Crippen LogP contribution in [0.15, 0.2) is 31.5 Å². The van der Waals surface area contributed by atoms with Gasteiger partial charge < -0.3 is 9.26 Å². The zero-order valence-electron chi connectivity index (χ0n) is 11.5. The molecule has 0 saturated heterocycles. The van der Waals surface area contributed by atoms with Crippen LogP contribution in [-0.4, -0.2) is 20.7 Å². The van der Waals surface area contributed by atoms with E-state index in [0.717, 1.165) is 22.6 Å². The molecule has 0 unspecified atom stereocenters. The maximum Gasteiger partial charge on any atom is 0.326 e. The number of aromatic nitrogens is 3. The van der Waals surface area contributed by atoms with E-state index in [1.165, 1.54) is 15.9 Å². The van der Waals surface area contributed by atoms with Gasteiger partial charge in [0, 0.05) is 22.0 Å². The number of ether oxygens (including phenoxy) is 1. The second kappa shape index (κ2) is 6.24. The van der Waals surface area contributed by atoms with Crippen molar-refractivity contribution < 1.29 is 14.1 Å². The summed E-state index contributed by atoms with van der Waals surface area (Å²) in [6.45, 7) is 1.52. The minimum absolute atomic E-state index is 0.117. The summed E-state index contributed by atoms with van der Waals surface area (Å²) >= 11 is 2.58. The first kappa shape index (κ1) is 14.7. The number of thiazole rings is 1. The summed E-state index contributed by atoms with van der Waals surface area (Å²) in [5.41, 5.74) is 1.58. The monoisotopic (exact) mass is 337 g/mol. The molecule has 7 nitrogen and oxygen atoms in total. The van der Waals surface area contributed by atoms with Crippen LogP contribution in [0, 0.1) is 6.92 Å². The molecular formula is C13H11N3O4S2. The minimum Gasteiger partial charge on any atom is -0.454 e. The standard InChI is InChI=1S/C13H11N3O4S2/c1-8-6-22-13(18)16(8)4-11(17)19-5-10-14-12(15-20-10)9-2-3-21-7-9/h2-3,6-7H,4-5H2,1H3. The molecule has 0 aliphatic rings.